The van der Waals surface area contributed by atoms with Crippen LogP contribution in [0.3, 0.4) is 0 Å². The normalized spacial score (nSPS) is 16.0. The summed E-state index contributed by atoms with van der Waals surface area (Å²) in [6.45, 7) is 0.598. The number of amides is 1. The highest BCUT2D eigenvalue weighted by Gasteiger charge is 2.35. The fraction of sp³-hybridized carbons (Fsp3) is 0.125. The highest BCUT2D eigenvalue weighted by molar-refractivity contribution is 6.42. The number of benzene rings is 3. The van der Waals surface area contributed by atoms with Crippen molar-refractivity contribution in [1.82, 2.24) is 9.88 Å². The first-order chi connectivity index (χ1) is 14.5. The van der Waals surface area contributed by atoms with E-state index in [1.54, 1.807) is 18.2 Å². The number of halogens is 3. The lowest BCUT2D eigenvalue weighted by molar-refractivity contribution is 0.0692. The molecule has 0 bridgehead atoms. The van der Waals surface area contributed by atoms with E-state index in [-0.39, 0.29) is 11.9 Å². The summed E-state index contributed by atoms with van der Waals surface area (Å²) in [4.78, 5) is 19.0. The van der Waals surface area contributed by atoms with Crippen LogP contribution in [0, 0.1) is 0 Å². The molecular formula is C24H17Cl3N2O. The molecule has 30 heavy (non-hydrogen) atoms. The Balaban J connectivity index is 1.65. The van der Waals surface area contributed by atoms with Gasteiger partial charge in [-0.2, -0.15) is 0 Å². The van der Waals surface area contributed by atoms with Crippen molar-refractivity contribution in [2.24, 2.45) is 0 Å². The number of aromatic nitrogens is 1. The van der Waals surface area contributed by atoms with E-state index >= 15 is 0 Å². The van der Waals surface area contributed by atoms with E-state index in [4.69, 9.17) is 34.8 Å². The highest BCUT2D eigenvalue weighted by atomic mass is 35.5. The maximum absolute atomic E-state index is 13.5. The molecule has 1 aliphatic rings. The summed E-state index contributed by atoms with van der Waals surface area (Å²) >= 11 is 18.4. The summed E-state index contributed by atoms with van der Waals surface area (Å²) in [6.07, 6.45) is 0.774. The van der Waals surface area contributed by atoms with Gasteiger partial charge in [0.15, 0.2) is 0 Å². The van der Waals surface area contributed by atoms with Crippen molar-refractivity contribution in [1.29, 1.82) is 0 Å². The average Bonchev–Trinajstić information content (AvgIpc) is 3.14. The predicted octanol–water partition coefficient (Wildman–Crippen LogP) is 6.92. The lowest BCUT2D eigenvalue weighted by Gasteiger charge is -2.36. The number of carbonyl (C=O) groups excluding carboxylic acids is 1. The largest absolute Gasteiger partial charge is 0.356 e. The van der Waals surface area contributed by atoms with Gasteiger partial charge in [0, 0.05) is 33.7 Å². The number of H-pyrrole nitrogens is 1. The van der Waals surface area contributed by atoms with Crippen LogP contribution in [-0.4, -0.2) is 22.3 Å². The molecule has 0 fully saturated rings. The number of aromatic amines is 1. The Morgan fingerprint density at radius 2 is 1.70 bits per heavy atom. The van der Waals surface area contributed by atoms with E-state index < -0.39 is 0 Å². The van der Waals surface area contributed by atoms with E-state index in [9.17, 15) is 4.79 Å². The molecule has 0 saturated carbocycles. The molecule has 1 atom stereocenters. The van der Waals surface area contributed by atoms with Gasteiger partial charge in [-0.3, -0.25) is 4.79 Å². The van der Waals surface area contributed by atoms with Gasteiger partial charge in [-0.1, -0.05) is 65.1 Å². The van der Waals surface area contributed by atoms with Gasteiger partial charge in [0.1, 0.15) is 0 Å². The fourth-order valence-electron chi connectivity index (χ4n) is 4.25. The molecule has 1 aliphatic heterocycles. The molecule has 2 heterocycles. The minimum absolute atomic E-state index is 0.0853. The van der Waals surface area contributed by atoms with Crippen LogP contribution in [0.15, 0.2) is 66.7 Å². The van der Waals surface area contributed by atoms with Crippen molar-refractivity contribution in [3.05, 3.63) is 104 Å². The Morgan fingerprint density at radius 1 is 0.933 bits per heavy atom. The number of fused-ring (bicyclic) bond motifs is 3. The molecule has 0 radical (unpaired) electrons. The topological polar surface area (TPSA) is 36.1 Å². The van der Waals surface area contributed by atoms with E-state index in [0.717, 1.165) is 23.2 Å². The van der Waals surface area contributed by atoms with Gasteiger partial charge in [0.25, 0.3) is 5.91 Å². The third-order valence-electron chi connectivity index (χ3n) is 5.65. The summed E-state index contributed by atoms with van der Waals surface area (Å²) in [5.74, 6) is -0.0853. The number of hydrogen-bond donors (Lipinski definition) is 1. The van der Waals surface area contributed by atoms with Gasteiger partial charge >= 0.3 is 0 Å². The molecule has 3 nitrogen and oxygen atoms in total. The molecule has 3 aromatic carbocycles. The molecule has 1 N–H and O–H groups in total. The highest BCUT2D eigenvalue weighted by Crippen LogP contribution is 2.39. The standard InChI is InChI=1S/C24H17Cl3N2O/c25-16-8-5-14(6-9-16)23-22-18(17-3-1-2-4-21(17)28-22)11-12-29(23)24(30)15-7-10-19(26)20(27)13-15/h1-10,13,23,28H,11-12H2/t23-/m1/s1. The van der Waals surface area contributed by atoms with Crippen molar-refractivity contribution in [3.8, 4) is 0 Å². The molecule has 6 heteroatoms. The third kappa shape index (κ3) is 3.27. The van der Waals surface area contributed by atoms with E-state index in [1.165, 1.54) is 10.9 Å². The SMILES string of the molecule is O=C(c1ccc(Cl)c(Cl)c1)N1CCc2c([nH]c3ccccc23)[C@H]1c1ccc(Cl)cc1. The van der Waals surface area contributed by atoms with Crippen molar-refractivity contribution in [2.75, 3.05) is 6.54 Å². The van der Waals surface area contributed by atoms with Crippen LogP contribution in [0.5, 0.6) is 0 Å². The quantitative estimate of drug-likeness (QED) is 0.350. The Kier molecular flexibility index (Phi) is 4.98. The van der Waals surface area contributed by atoms with Crippen LogP contribution in [0.4, 0.5) is 0 Å². The summed E-state index contributed by atoms with van der Waals surface area (Å²) in [6, 6.07) is 20.7. The zero-order valence-corrected chi connectivity index (χ0v) is 18.1. The van der Waals surface area contributed by atoms with Crippen LogP contribution in [-0.2, 0) is 6.42 Å². The van der Waals surface area contributed by atoms with Crippen LogP contribution in [0.25, 0.3) is 10.9 Å². The first kappa shape index (κ1) is 19.5. The number of carbonyl (C=O) groups is 1. The average molecular weight is 456 g/mol. The number of nitrogens with zero attached hydrogens (tertiary/aromatic N) is 1. The summed E-state index contributed by atoms with van der Waals surface area (Å²) in [5.41, 5.74) is 4.88. The Bertz CT molecular complexity index is 1260. The summed E-state index contributed by atoms with van der Waals surface area (Å²) < 4.78 is 0. The first-order valence-corrected chi connectivity index (χ1v) is 10.8. The monoisotopic (exact) mass is 454 g/mol. The number of hydrogen-bond acceptors (Lipinski definition) is 1. The second kappa shape index (κ2) is 7.66. The zero-order valence-electron chi connectivity index (χ0n) is 15.8. The number of rotatable bonds is 2. The molecule has 1 amide bonds. The van der Waals surface area contributed by atoms with Crippen LogP contribution >= 0.6 is 34.8 Å². The first-order valence-electron chi connectivity index (χ1n) is 9.64. The Morgan fingerprint density at radius 3 is 2.47 bits per heavy atom. The lowest BCUT2D eigenvalue weighted by Crippen LogP contribution is -2.40. The van der Waals surface area contributed by atoms with Gasteiger partial charge < -0.3 is 9.88 Å². The molecule has 5 rings (SSSR count). The van der Waals surface area contributed by atoms with E-state index in [0.29, 0.717) is 27.2 Å². The Hall–Kier alpha value is -2.46. The van der Waals surface area contributed by atoms with Gasteiger partial charge in [0.05, 0.1) is 16.1 Å². The minimum atomic E-state index is -0.250. The van der Waals surface area contributed by atoms with Crippen molar-refractivity contribution >= 4 is 51.6 Å². The van der Waals surface area contributed by atoms with Gasteiger partial charge in [0.2, 0.25) is 0 Å². The Labute approximate surface area is 189 Å². The molecule has 150 valence electrons. The zero-order chi connectivity index (χ0) is 20.8. The molecular weight excluding hydrogens is 439 g/mol. The molecule has 1 aromatic heterocycles. The van der Waals surface area contributed by atoms with Gasteiger partial charge in [-0.15, -0.1) is 0 Å². The van der Waals surface area contributed by atoms with Crippen molar-refractivity contribution in [2.45, 2.75) is 12.5 Å². The van der Waals surface area contributed by atoms with Crippen molar-refractivity contribution < 1.29 is 4.79 Å². The van der Waals surface area contributed by atoms with E-state index in [2.05, 4.69) is 17.1 Å². The predicted molar refractivity (Wildman–Crippen MR) is 123 cm³/mol. The lowest BCUT2D eigenvalue weighted by atomic mass is 9.91. The minimum Gasteiger partial charge on any atom is -0.356 e. The molecule has 0 saturated heterocycles. The number of para-hydroxylation sites is 1. The molecule has 0 unspecified atom stereocenters. The maximum atomic E-state index is 13.5. The fourth-order valence-corrected chi connectivity index (χ4v) is 4.67. The van der Waals surface area contributed by atoms with E-state index in [1.807, 2.05) is 41.3 Å². The molecule has 0 aliphatic carbocycles. The van der Waals surface area contributed by atoms with Gasteiger partial charge in [-0.25, -0.2) is 0 Å². The molecule has 4 aromatic rings. The van der Waals surface area contributed by atoms with Crippen LogP contribution in [0.1, 0.15) is 33.2 Å². The summed E-state index contributed by atoms with van der Waals surface area (Å²) in [7, 11) is 0. The maximum Gasteiger partial charge on any atom is 0.254 e. The third-order valence-corrected chi connectivity index (χ3v) is 6.64. The van der Waals surface area contributed by atoms with Crippen molar-refractivity contribution in [3.63, 3.8) is 0 Å². The molecule has 0 spiro atoms. The smallest absolute Gasteiger partial charge is 0.254 e. The van der Waals surface area contributed by atoms with Crippen LogP contribution in [0.2, 0.25) is 15.1 Å². The van der Waals surface area contributed by atoms with Gasteiger partial charge in [-0.05, 0) is 53.9 Å². The summed E-state index contributed by atoms with van der Waals surface area (Å²) in [5, 5.41) is 2.66. The number of nitrogens with one attached hydrogen (secondary N) is 1. The van der Waals surface area contributed by atoms with Crippen LogP contribution < -0.4 is 0 Å². The second-order valence-electron chi connectivity index (χ2n) is 7.39. The second-order valence-corrected chi connectivity index (χ2v) is 8.65.